The average molecular weight is 590 g/mol. The van der Waals surface area contributed by atoms with Crippen LogP contribution in [0, 0.1) is 52.3 Å². The molecule has 42 heavy (non-hydrogen) atoms. The summed E-state index contributed by atoms with van der Waals surface area (Å²) in [6, 6.07) is 0.583. The molecule has 4 saturated carbocycles. The number of hydrogen-bond acceptors (Lipinski definition) is 7. The van der Waals surface area contributed by atoms with Crippen molar-refractivity contribution in [2.75, 3.05) is 33.3 Å². The van der Waals surface area contributed by atoms with Crippen molar-refractivity contribution >= 4 is 11.8 Å². The Balaban J connectivity index is 1.30. The summed E-state index contributed by atoms with van der Waals surface area (Å²) in [5, 5.41) is 19.2. The Bertz CT molecular complexity index is 899. The van der Waals surface area contributed by atoms with Gasteiger partial charge < -0.3 is 26.2 Å². The maximum Gasteiger partial charge on any atom is 0.315 e. The SMILES string of the molecule is COC(=O)C(C)C(=O)CC[C@@H](C)[C@H]1CCC2C3C(CC[C@@]21C)[C@@]1(C)CC[C@H](NCCCNCCCCN)C[C@@H]1C[C@H]3O. The molecule has 4 rings (SSSR count). The minimum atomic E-state index is -0.672. The van der Waals surface area contributed by atoms with Crippen molar-refractivity contribution in [3.8, 4) is 0 Å². The number of hydrogen-bond donors (Lipinski definition) is 4. The summed E-state index contributed by atoms with van der Waals surface area (Å²) in [6.45, 7) is 13.1. The molecule has 0 bridgehead atoms. The molecular weight excluding hydrogens is 526 g/mol. The number of aliphatic hydroxyl groups is 1. The van der Waals surface area contributed by atoms with Crippen molar-refractivity contribution in [3.05, 3.63) is 0 Å². The van der Waals surface area contributed by atoms with Gasteiger partial charge in [0.15, 0.2) is 0 Å². The summed E-state index contributed by atoms with van der Waals surface area (Å²) in [5.41, 5.74) is 6.16. The van der Waals surface area contributed by atoms with E-state index in [-0.39, 0.29) is 17.3 Å². The second kappa shape index (κ2) is 14.8. The third-order valence-corrected chi connectivity index (χ3v) is 13.1. The number of fused-ring (bicyclic) bond motifs is 5. The van der Waals surface area contributed by atoms with Gasteiger partial charge in [0.05, 0.1) is 13.2 Å². The molecule has 0 aromatic carbocycles. The highest BCUT2D eigenvalue weighted by Gasteiger charge is 2.62. The van der Waals surface area contributed by atoms with Gasteiger partial charge in [-0.25, -0.2) is 0 Å². The number of carbonyl (C=O) groups is 2. The van der Waals surface area contributed by atoms with Crippen LogP contribution in [0.15, 0.2) is 0 Å². The smallest absolute Gasteiger partial charge is 0.315 e. The van der Waals surface area contributed by atoms with E-state index < -0.39 is 11.9 Å². The fourth-order valence-corrected chi connectivity index (χ4v) is 10.5. The summed E-state index contributed by atoms with van der Waals surface area (Å²) in [4.78, 5) is 24.5. The van der Waals surface area contributed by atoms with E-state index in [0.717, 1.165) is 58.3 Å². The topological polar surface area (TPSA) is 114 Å². The molecule has 0 amide bonds. The van der Waals surface area contributed by atoms with Gasteiger partial charge >= 0.3 is 5.97 Å². The molecule has 0 spiro atoms. The molecule has 0 aromatic rings. The minimum absolute atomic E-state index is 0.00105. The van der Waals surface area contributed by atoms with Crippen molar-refractivity contribution < 1.29 is 19.4 Å². The van der Waals surface area contributed by atoms with Crippen LogP contribution in [0.5, 0.6) is 0 Å². The third kappa shape index (κ3) is 7.10. The van der Waals surface area contributed by atoms with Gasteiger partial charge in [-0.05, 0) is 156 Å². The molecule has 7 nitrogen and oxygen atoms in total. The lowest BCUT2D eigenvalue weighted by molar-refractivity contribution is -0.167. The maximum absolute atomic E-state index is 12.6. The van der Waals surface area contributed by atoms with E-state index >= 15 is 0 Å². The van der Waals surface area contributed by atoms with Gasteiger partial charge in [-0.2, -0.15) is 0 Å². The molecule has 0 saturated heterocycles. The average Bonchev–Trinajstić information content (AvgIpc) is 3.34. The molecule has 242 valence electrons. The molecule has 4 aliphatic carbocycles. The molecule has 5 N–H and O–H groups in total. The van der Waals surface area contributed by atoms with Crippen molar-refractivity contribution in [1.82, 2.24) is 10.6 Å². The van der Waals surface area contributed by atoms with Crippen molar-refractivity contribution in [2.24, 2.45) is 58.0 Å². The van der Waals surface area contributed by atoms with E-state index in [1.807, 2.05) is 0 Å². The monoisotopic (exact) mass is 589 g/mol. The Labute approximate surface area is 256 Å². The standard InChI is InChI=1S/C35H63N3O4/c1-23(9-12-30(39)24(2)33(41)42-5)27-10-11-28-32-29(14-16-35(27,28)4)34(3)15-13-26(21-25(34)22-31(32)40)38-20-8-19-37-18-7-6-17-36/h23-29,31-32,37-38,40H,6-22,36H2,1-5H3/t23-,24?,25-,26+,27-,28?,29?,31-,32?,34+,35-/m1/s1. The van der Waals surface area contributed by atoms with Crippen LogP contribution in [0.25, 0.3) is 0 Å². The molecule has 0 aromatic heterocycles. The van der Waals surface area contributed by atoms with Crippen LogP contribution in [-0.2, 0) is 14.3 Å². The van der Waals surface area contributed by atoms with E-state index in [0.29, 0.717) is 53.4 Å². The summed E-state index contributed by atoms with van der Waals surface area (Å²) in [6.07, 6.45) is 14.1. The Hall–Kier alpha value is -1.02. The minimum Gasteiger partial charge on any atom is -0.468 e. The van der Waals surface area contributed by atoms with Gasteiger partial charge in [-0.1, -0.05) is 20.8 Å². The number of aliphatic hydroxyl groups excluding tert-OH is 1. The first kappa shape index (κ1) is 33.9. The summed E-state index contributed by atoms with van der Waals surface area (Å²) >= 11 is 0. The molecule has 7 heteroatoms. The van der Waals surface area contributed by atoms with Gasteiger partial charge in [-0.15, -0.1) is 0 Å². The molecule has 4 aliphatic rings. The highest BCUT2D eigenvalue weighted by atomic mass is 16.5. The zero-order chi connectivity index (χ0) is 30.5. The maximum atomic E-state index is 12.6. The molecular formula is C35H63N3O4. The number of nitrogens with two attached hydrogens (primary N) is 1. The first-order valence-electron chi connectivity index (χ1n) is 17.5. The number of ether oxygens (including phenoxy) is 1. The summed E-state index contributed by atoms with van der Waals surface area (Å²) < 4.78 is 4.79. The number of rotatable bonds is 15. The van der Waals surface area contributed by atoms with Gasteiger partial charge in [0.2, 0.25) is 0 Å². The highest BCUT2D eigenvalue weighted by Crippen LogP contribution is 2.68. The van der Waals surface area contributed by atoms with Gasteiger partial charge in [0.1, 0.15) is 11.7 Å². The highest BCUT2D eigenvalue weighted by molar-refractivity contribution is 5.98. The second-order valence-electron chi connectivity index (χ2n) is 15.3. The number of esters is 1. The van der Waals surface area contributed by atoms with Gasteiger partial charge in [0.25, 0.3) is 0 Å². The van der Waals surface area contributed by atoms with Crippen LogP contribution in [0.4, 0.5) is 0 Å². The Kier molecular flexibility index (Phi) is 12.0. The fourth-order valence-electron chi connectivity index (χ4n) is 10.5. The molecule has 11 atom stereocenters. The number of ketones is 1. The number of nitrogens with one attached hydrogen (secondary N) is 2. The molecule has 0 radical (unpaired) electrons. The number of unbranched alkanes of at least 4 members (excludes halogenated alkanes) is 1. The lowest BCUT2D eigenvalue weighted by Crippen LogP contribution is -2.59. The quantitative estimate of drug-likeness (QED) is 0.120. The first-order chi connectivity index (χ1) is 20.1. The van der Waals surface area contributed by atoms with Gasteiger partial charge in [0, 0.05) is 12.5 Å². The fraction of sp³-hybridized carbons (Fsp3) is 0.943. The molecule has 4 fully saturated rings. The third-order valence-electron chi connectivity index (χ3n) is 13.1. The molecule has 4 unspecified atom stereocenters. The van der Waals surface area contributed by atoms with E-state index in [1.165, 1.54) is 52.1 Å². The zero-order valence-corrected chi connectivity index (χ0v) is 27.5. The number of methoxy groups -OCH3 is 1. The Morgan fingerprint density at radius 3 is 2.40 bits per heavy atom. The second-order valence-corrected chi connectivity index (χ2v) is 15.3. The van der Waals surface area contributed by atoms with Crippen LogP contribution in [-0.4, -0.2) is 62.3 Å². The van der Waals surface area contributed by atoms with Crippen molar-refractivity contribution in [2.45, 2.75) is 123 Å². The Morgan fingerprint density at radius 1 is 0.952 bits per heavy atom. The molecule has 0 aliphatic heterocycles. The Morgan fingerprint density at radius 2 is 1.67 bits per heavy atom. The lowest BCUT2D eigenvalue weighted by atomic mass is 9.43. The van der Waals surface area contributed by atoms with Crippen molar-refractivity contribution in [1.29, 1.82) is 0 Å². The predicted molar refractivity (Wildman–Crippen MR) is 169 cm³/mol. The van der Waals surface area contributed by atoms with E-state index in [9.17, 15) is 14.7 Å². The van der Waals surface area contributed by atoms with E-state index in [4.69, 9.17) is 10.5 Å². The normalized spacial score (nSPS) is 39.1. The van der Waals surface area contributed by atoms with Crippen LogP contribution in [0.1, 0.15) is 111 Å². The summed E-state index contributed by atoms with van der Waals surface area (Å²) in [7, 11) is 1.35. The van der Waals surface area contributed by atoms with Crippen LogP contribution >= 0.6 is 0 Å². The summed E-state index contributed by atoms with van der Waals surface area (Å²) in [5.74, 6) is 2.15. The van der Waals surface area contributed by atoms with Gasteiger partial charge in [-0.3, -0.25) is 9.59 Å². The number of carbonyl (C=O) groups excluding carboxylic acids is 2. The van der Waals surface area contributed by atoms with Crippen LogP contribution in [0.2, 0.25) is 0 Å². The lowest BCUT2D eigenvalue weighted by Gasteiger charge is -2.62. The van der Waals surface area contributed by atoms with Crippen LogP contribution < -0.4 is 16.4 Å². The predicted octanol–water partition coefficient (Wildman–Crippen LogP) is 5.09. The first-order valence-corrected chi connectivity index (χ1v) is 17.5. The van der Waals surface area contributed by atoms with Crippen molar-refractivity contribution in [3.63, 3.8) is 0 Å². The van der Waals surface area contributed by atoms with E-state index in [1.54, 1.807) is 6.92 Å². The molecule has 0 heterocycles. The largest absolute Gasteiger partial charge is 0.468 e. The zero-order valence-electron chi connectivity index (χ0n) is 27.5. The number of Topliss-reactive ketones (excluding diaryl/α,β-unsaturated/α-hetero) is 1. The van der Waals surface area contributed by atoms with E-state index in [2.05, 4.69) is 31.4 Å². The van der Waals surface area contributed by atoms with Crippen LogP contribution in [0.3, 0.4) is 0 Å².